The van der Waals surface area contributed by atoms with Gasteiger partial charge in [0, 0.05) is 0 Å². The molecule has 1 aromatic rings. The van der Waals surface area contributed by atoms with Crippen LogP contribution in [-0.2, 0) is 4.79 Å². The van der Waals surface area contributed by atoms with Crippen LogP contribution in [-0.4, -0.2) is 5.78 Å². The minimum absolute atomic E-state index is 0.0862. The topological polar surface area (TPSA) is 41.8 Å². The van der Waals surface area contributed by atoms with Crippen LogP contribution >= 0.6 is 0 Å². The Kier molecular flexibility index (Phi) is 4.56. The molecular formula is C17H16N2O. The molecule has 2 rings (SSSR count). The summed E-state index contributed by atoms with van der Waals surface area (Å²) in [7, 11) is 0. The van der Waals surface area contributed by atoms with Crippen LogP contribution in [0.4, 0.5) is 0 Å². The Bertz CT molecular complexity index is 623. The van der Waals surface area contributed by atoms with Crippen LogP contribution in [0.1, 0.15) is 19.4 Å². The van der Waals surface area contributed by atoms with Crippen molar-refractivity contribution < 1.29 is 4.79 Å². The van der Waals surface area contributed by atoms with Gasteiger partial charge in [0.1, 0.15) is 0 Å². The highest BCUT2D eigenvalue weighted by atomic mass is 16.1. The number of carbonyl (C=O) groups is 1. The van der Waals surface area contributed by atoms with Crippen molar-refractivity contribution >= 4 is 11.9 Å². The van der Waals surface area contributed by atoms with Crippen LogP contribution < -0.4 is 0 Å². The van der Waals surface area contributed by atoms with E-state index in [1.807, 2.05) is 48.6 Å². The molecule has 0 aliphatic heterocycles. The standard InChI is InChI=1S/C17H16N2O/c1-13-10-16(11-14(2)17(13)20)12-19-18-9-8-15-6-4-3-5-7-15/h3-12H,1-2H3. The van der Waals surface area contributed by atoms with Gasteiger partial charge in [-0.2, -0.15) is 10.2 Å². The minimum atomic E-state index is 0.0862. The molecule has 0 heterocycles. The maximum Gasteiger partial charge on any atom is 0.184 e. The zero-order valence-corrected chi connectivity index (χ0v) is 11.6. The van der Waals surface area contributed by atoms with Gasteiger partial charge in [0.2, 0.25) is 0 Å². The van der Waals surface area contributed by atoms with Crippen LogP contribution in [0.15, 0.2) is 81.8 Å². The Hall–Kier alpha value is -2.55. The van der Waals surface area contributed by atoms with Gasteiger partial charge in [0.05, 0.1) is 12.4 Å². The quantitative estimate of drug-likeness (QED) is 0.743. The minimum Gasteiger partial charge on any atom is -0.289 e. The summed E-state index contributed by atoms with van der Waals surface area (Å²) in [4.78, 5) is 11.6. The largest absolute Gasteiger partial charge is 0.289 e. The Balaban J connectivity index is 2.01. The molecule has 1 aliphatic rings. The van der Waals surface area contributed by atoms with Crippen molar-refractivity contribution in [2.75, 3.05) is 0 Å². The average Bonchev–Trinajstić information content (AvgIpc) is 2.45. The lowest BCUT2D eigenvalue weighted by Crippen LogP contribution is -2.05. The second-order valence-electron chi connectivity index (χ2n) is 4.57. The van der Waals surface area contributed by atoms with Gasteiger partial charge in [0.25, 0.3) is 0 Å². The van der Waals surface area contributed by atoms with Gasteiger partial charge in [-0.1, -0.05) is 30.3 Å². The monoisotopic (exact) mass is 264 g/mol. The SMILES string of the molecule is CC1=CC(=CN=NC=Cc2ccccc2)C=C(C)C1=O. The van der Waals surface area contributed by atoms with Crippen molar-refractivity contribution in [3.63, 3.8) is 0 Å². The van der Waals surface area contributed by atoms with Gasteiger partial charge in [-0.3, -0.25) is 4.79 Å². The number of azo groups is 1. The van der Waals surface area contributed by atoms with E-state index in [0.717, 1.165) is 22.3 Å². The molecule has 100 valence electrons. The summed E-state index contributed by atoms with van der Waals surface area (Å²) in [5, 5.41) is 7.93. The van der Waals surface area contributed by atoms with Crippen molar-refractivity contribution in [3.8, 4) is 0 Å². The molecule has 1 aliphatic carbocycles. The first kappa shape index (κ1) is 13.9. The summed E-state index contributed by atoms with van der Waals surface area (Å²) >= 11 is 0. The number of carbonyl (C=O) groups excluding carboxylic acids is 1. The highest BCUT2D eigenvalue weighted by Gasteiger charge is 2.12. The number of hydrogen-bond donors (Lipinski definition) is 0. The second kappa shape index (κ2) is 6.57. The lowest BCUT2D eigenvalue weighted by Gasteiger charge is -2.07. The normalized spacial score (nSPS) is 15.7. The molecule has 0 bridgehead atoms. The summed E-state index contributed by atoms with van der Waals surface area (Å²) < 4.78 is 0. The molecule has 3 heteroatoms. The summed E-state index contributed by atoms with van der Waals surface area (Å²) in [6.07, 6.45) is 8.81. The number of allylic oxidation sites excluding steroid dienone is 5. The highest BCUT2D eigenvalue weighted by Crippen LogP contribution is 2.18. The van der Waals surface area contributed by atoms with Crippen molar-refractivity contribution in [3.05, 3.63) is 77.2 Å². The molecule has 3 nitrogen and oxygen atoms in total. The number of nitrogens with zero attached hydrogens (tertiary/aromatic N) is 2. The van der Waals surface area contributed by atoms with E-state index >= 15 is 0 Å². The molecule has 0 saturated carbocycles. The Labute approximate surface area is 118 Å². The Morgan fingerprint density at radius 1 is 0.950 bits per heavy atom. The van der Waals surface area contributed by atoms with Crippen LogP contribution in [0.2, 0.25) is 0 Å². The maximum atomic E-state index is 11.6. The van der Waals surface area contributed by atoms with Gasteiger partial charge in [0.15, 0.2) is 5.78 Å². The fraction of sp³-hybridized carbons (Fsp3) is 0.118. The van der Waals surface area contributed by atoms with Gasteiger partial charge >= 0.3 is 0 Å². The Morgan fingerprint density at radius 3 is 2.25 bits per heavy atom. The van der Waals surface area contributed by atoms with Crippen LogP contribution in [0.5, 0.6) is 0 Å². The molecule has 0 N–H and O–H groups in total. The van der Waals surface area contributed by atoms with E-state index in [1.54, 1.807) is 26.2 Å². The molecule has 0 radical (unpaired) electrons. The zero-order chi connectivity index (χ0) is 14.4. The van der Waals surface area contributed by atoms with E-state index in [0.29, 0.717) is 0 Å². The summed E-state index contributed by atoms with van der Waals surface area (Å²) in [6, 6.07) is 9.90. The molecule has 0 unspecified atom stereocenters. The van der Waals surface area contributed by atoms with Crippen LogP contribution in [0.3, 0.4) is 0 Å². The number of hydrogen-bond acceptors (Lipinski definition) is 3. The summed E-state index contributed by atoms with van der Waals surface area (Å²) in [5.74, 6) is 0.0862. The molecule has 20 heavy (non-hydrogen) atoms. The first-order valence-corrected chi connectivity index (χ1v) is 6.40. The second-order valence-corrected chi connectivity index (χ2v) is 4.57. The highest BCUT2D eigenvalue weighted by molar-refractivity contribution is 6.09. The number of Topliss-reactive ketones (excluding diaryl/α,β-unsaturated/α-hetero) is 1. The molecule has 0 fully saturated rings. The first-order valence-electron chi connectivity index (χ1n) is 6.40. The third kappa shape index (κ3) is 3.72. The van der Waals surface area contributed by atoms with E-state index in [4.69, 9.17) is 0 Å². The van der Waals surface area contributed by atoms with Crippen molar-refractivity contribution in [2.45, 2.75) is 13.8 Å². The molecule has 0 spiro atoms. The number of rotatable bonds is 3. The summed E-state index contributed by atoms with van der Waals surface area (Å²) in [5.41, 5.74) is 3.42. The molecule has 1 aromatic carbocycles. The molecule has 0 saturated heterocycles. The fourth-order valence-electron chi connectivity index (χ4n) is 1.88. The van der Waals surface area contributed by atoms with E-state index in [2.05, 4.69) is 10.2 Å². The van der Waals surface area contributed by atoms with E-state index in [9.17, 15) is 4.79 Å². The lowest BCUT2D eigenvalue weighted by molar-refractivity contribution is -0.112. The van der Waals surface area contributed by atoms with Crippen molar-refractivity contribution in [1.29, 1.82) is 0 Å². The van der Waals surface area contributed by atoms with E-state index < -0.39 is 0 Å². The maximum absolute atomic E-state index is 11.6. The smallest absolute Gasteiger partial charge is 0.184 e. The predicted molar refractivity (Wildman–Crippen MR) is 80.9 cm³/mol. The Morgan fingerprint density at radius 2 is 1.60 bits per heavy atom. The first-order chi connectivity index (χ1) is 9.66. The predicted octanol–water partition coefficient (Wildman–Crippen LogP) is 4.47. The van der Waals surface area contributed by atoms with Crippen molar-refractivity contribution in [1.82, 2.24) is 0 Å². The lowest BCUT2D eigenvalue weighted by atomic mass is 9.96. The van der Waals surface area contributed by atoms with Crippen LogP contribution in [0.25, 0.3) is 6.08 Å². The number of benzene rings is 1. The number of ketones is 1. The van der Waals surface area contributed by atoms with Gasteiger partial charge in [-0.25, -0.2) is 0 Å². The summed E-state index contributed by atoms with van der Waals surface area (Å²) in [6.45, 7) is 3.61. The molecule has 0 aromatic heterocycles. The zero-order valence-electron chi connectivity index (χ0n) is 11.6. The van der Waals surface area contributed by atoms with Crippen molar-refractivity contribution in [2.24, 2.45) is 10.2 Å². The molecule has 0 amide bonds. The molecule has 0 atom stereocenters. The van der Waals surface area contributed by atoms with Gasteiger partial charge < -0.3 is 0 Å². The van der Waals surface area contributed by atoms with Crippen LogP contribution in [0, 0.1) is 0 Å². The van der Waals surface area contributed by atoms with Gasteiger partial charge in [-0.15, -0.1) is 0 Å². The third-order valence-electron chi connectivity index (χ3n) is 2.89. The van der Waals surface area contributed by atoms with E-state index in [-0.39, 0.29) is 5.78 Å². The van der Waals surface area contributed by atoms with E-state index in [1.165, 1.54) is 0 Å². The molecular weight excluding hydrogens is 248 g/mol. The fourth-order valence-corrected chi connectivity index (χ4v) is 1.88. The average molecular weight is 264 g/mol. The third-order valence-corrected chi connectivity index (χ3v) is 2.89. The van der Waals surface area contributed by atoms with Gasteiger partial charge in [-0.05, 0) is 54.4 Å².